The van der Waals surface area contributed by atoms with Gasteiger partial charge in [0, 0.05) is 67.6 Å². The lowest BCUT2D eigenvalue weighted by molar-refractivity contribution is 0.190. The maximum atomic E-state index is 15.0. The first-order valence-electron chi connectivity index (χ1n) is 13.8. The molecule has 0 amide bonds. The van der Waals surface area contributed by atoms with Crippen molar-refractivity contribution in [3.63, 3.8) is 0 Å². The van der Waals surface area contributed by atoms with Crippen LogP contribution in [-0.2, 0) is 17.3 Å². The first-order valence-corrected chi connectivity index (χ1v) is 15.3. The van der Waals surface area contributed by atoms with E-state index in [1.54, 1.807) is 17.1 Å². The second-order valence-electron chi connectivity index (χ2n) is 10.5. The number of nitrogens with zero attached hydrogens (tertiary/aromatic N) is 7. The zero-order chi connectivity index (χ0) is 27.9. The third-order valence-corrected chi connectivity index (χ3v) is 9.28. The average molecular weight is 579 g/mol. The number of nitrogen functional groups attached to an aromatic ring is 1. The number of imidazole rings is 1. The molecule has 0 unspecified atom stereocenters. The molecule has 41 heavy (non-hydrogen) atoms. The number of aromatic nitrogens is 5. The number of benzene rings is 1. The molecular formula is C28H31FN8O3S. The molecule has 11 nitrogen and oxygen atoms in total. The van der Waals surface area contributed by atoms with Crippen molar-refractivity contribution in [1.29, 1.82) is 0 Å². The normalized spacial score (nSPS) is 20.3. The quantitative estimate of drug-likeness (QED) is 0.311. The highest BCUT2D eigenvalue weighted by Crippen LogP contribution is 2.28. The Morgan fingerprint density at radius 3 is 2.68 bits per heavy atom. The van der Waals surface area contributed by atoms with Gasteiger partial charge < -0.3 is 24.4 Å². The first-order chi connectivity index (χ1) is 20.0. The van der Waals surface area contributed by atoms with Crippen LogP contribution < -0.4 is 15.4 Å². The van der Waals surface area contributed by atoms with E-state index >= 15 is 4.39 Å². The fourth-order valence-electron chi connectivity index (χ4n) is 5.62. The lowest BCUT2D eigenvalue weighted by Crippen LogP contribution is -2.47. The van der Waals surface area contributed by atoms with E-state index < -0.39 is 10.8 Å². The van der Waals surface area contributed by atoms with Crippen LogP contribution in [0.4, 0.5) is 16.0 Å². The van der Waals surface area contributed by atoms with E-state index in [0.29, 0.717) is 46.6 Å². The van der Waals surface area contributed by atoms with Gasteiger partial charge in [0.25, 0.3) is 0 Å². The average Bonchev–Trinajstić information content (AvgIpc) is 3.74. The van der Waals surface area contributed by atoms with Crippen LogP contribution in [0.2, 0.25) is 0 Å². The number of hydrogen-bond acceptors (Lipinski definition) is 9. The number of furan rings is 1. The molecule has 0 spiro atoms. The van der Waals surface area contributed by atoms with Crippen molar-refractivity contribution < 1.29 is 17.8 Å². The molecule has 214 valence electrons. The fraction of sp³-hybridized carbons (Fsp3) is 0.393. The minimum atomic E-state index is -0.744. The Hall–Kier alpha value is -3.97. The summed E-state index contributed by atoms with van der Waals surface area (Å²) in [5.74, 6) is 2.51. The molecule has 2 aliphatic rings. The molecule has 4 aromatic heterocycles. The smallest absolute Gasteiger partial charge is 0.223 e. The Morgan fingerprint density at radius 1 is 1.10 bits per heavy atom. The first kappa shape index (κ1) is 26.0. The SMILES string of the molecule is Nc1nc2c(ncn2CCN2CCN(c3ccc(OC4CCS(=O)CC4)cc3F)CC2)c2cc(-c3ccco3)nn12. The highest BCUT2D eigenvalue weighted by molar-refractivity contribution is 7.85. The molecule has 5 aromatic rings. The van der Waals surface area contributed by atoms with E-state index in [2.05, 4.69) is 24.9 Å². The summed E-state index contributed by atoms with van der Waals surface area (Å²) in [6, 6.07) is 10.7. The van der Waals surface area contributed by atoms with Crippen molar-refractivity contribution in [2.75, 3.05) is 54.9 Å². The van der Waals surface area contributed by atoms with Crippen LogP contribution in [0.1, 0.15) is 12.8 Å². The van der Waals surface area contributed by atoms with Gasteiger partial charge in [0.2, 0.25) is 5.95 Å². The Kier molecular flexibility index (Phi) is 6.83. The summed E-state index contributed by atoms with van der Waals surface area (Å²) >= 11 is 0. The molecule has 2 aliphatic heterocycles. The number of rotatable bonds is 7. The molecule has 0 atom stereocenters. The van der Waals surface area contributed by atoms with Crippen molar-refractivity contribution >= 4 is 39.1 Å². The standard InChI is InChI=1S/C28H31FN8O3S/c29-21-16-20(40-19-5-14-41(38)15-6-19)3-4-23(21)35-10-7-34(8-11-35)9-12-36-18-31-26-24-17-22(25-2-1-13-39-25)33-37(24)28(30)32-27(26)36/h1-4,13,16-19H,5-12,14-15H2,(H2,30,32). The summed E-state index contributed by atoms with van der Waals surface area (Å²) in [6.45, 7) is 4.61. The van der Waals surface area contributed by atoms with Crippen LogP contribution >= 0.6 is 0 Å². The van der Waals surface area contributed by atoms with Gasteiger partial charge in [0.15, 0.2) is 11.4 Å². The molecule has 2 saturated heterocycles. The van der Waals surface area contributed by atoms with Crippen LogP contribution in [0.25, 0.3) is 28.1 Å². The Labute approximate surface area is 238 Å². The largest absolute Gasteiger partial charge is 0.490 e. The van der Waals surface area contributed by atoms with Crippen molar-refractivity contribution in [3.05, 3.63) is 54.8 Å². The lowest BCUT2D eigenvalue weighted by Gasteiger charge is -2.36. The van der Waals surface area contributed by atoms with Crippen LogP contribution in [-0.4, -0.2) is 83.6 Å². The van der Waals surface area contributed by atoms with Gasteiger partial charge in [-0.2, -0.15) is 14.6 Å². The maximum absolute atomic E-state index is 15.0. The third kappa shape index (κ3) is 5.15. The second-order valence-corrected chi connectivity index (χ2v) is 12.2. The van der Waals surface area contributed by atoms with Crippen molar-refractivity contribution in [2.24, 2.45) is 0 Å². The van der Waals surface area contributed by atoms with Crippen LogP contribution in [0.5, 0.6) is 5.75 Å². The highest BCUT2D eigenvalue weighted by atomic mass is 32.2. The van der Waals surface area contributed by atoms with Gasteiger partial charge >= 0.3 is 0 Å². The van der Waals surface area contributed by atoms with E-state index in [1.165, 1.54) is 6.07 Å². The zero-order valence-corrected chi connectivity index (χ0v) is 23.3. The third-order valence-electron chi connectivity index (χ3n) is 7.90. The van der Waals surface area contributed by atoms with Crippen LogP contribution in [0.15, 0.2) is 53.4 Å². The van der Waals surface area contributed by atoms with E-state index in [9.17, 15) is 4.21 Å². The molecule has 2 N–H and O–H groups in total. The summed E-state index contributed by atoms with van der Waals surface area (Å²) in [5.41, 5.74) is 9.74. The van der Waals surface area contributed by atoms with Gasteiger partial charge in [-0.05, 0) is 43.2 Å². The molecule has 13 heteroatoms. The predicted molar refractivity (Wildman–Crippen MR) is 155 cm³/mol. The molecule has 7 rings (SSSR count). The molecule has 2 fully saturated rings. The van der Waals surface area contributed by atoms with Crippen molar-refractivity contribution in [1.82, 2.24) is 29.0 Å². The Morgan fingerprint density at radius 2 is 1.93 bits per heavy atom. The van der Waals surface area contributed by atoms with Gasteiger partial charge in [-0.15, -0.1) is 0 Å². The molecule has 1 aromatic carbocycles. The maximum Gasteiger partial charge on any atom is 0.223 e. The van der Waals surface area contributed by atoms with Crippen molar-refractivity contribution in [3.8, 4) is 17.2 Å². The monoisotopic (exact) mass is 578 g/mol. The Bertz CT molecular complexity index is 1700. The second kappa shape index (κ2) is 10.8. The van der Waals surface area contributed by atoms with Gasteiger partial charge in [0.05, 0.1) is 18.3 Å². The van der Waals surface area contributed by atoms with E-state index in [1.807, 2.05) is 34.9 Å². The summed E-state index contributed by atoms with van der Waals surface area (Å²) in [7, 11) is -0.744. The molecule has 0 saturated carbocycles. The molecule has 0 aliphatic carbocycles. The zero-order valence-electron chi connectivity index (χ0n) is 22.5. The number of ether oxygens (including phenoxy) is 1. The molecular weight excluding hydrogens is 547 g/mol. The summed E-state index contributed by atoms with van der Waals surface area (Å²) < 4.78 is 41.7. The summed E-state index contributed by atoms with van der Waals surface area (Å²) in [4.78, 5) is 13.6. The lowest BCUT2D eigenvalue weighted by atomic mass is 10.2. The topological polar surface area (TPSA) is 120 Å². The predicted octanol–water partition coefficient (Wildman–Crippen LogP) is 3.17. The number of fused-ring (bicyclic) bond motifs is 3. The van der Waals surface area contributed by atoms with Gasteiger partial charge in [-0.3, -0.25) is 9.11 Å². The number of hydrogen-bond donors (Lipinski definition) is 1. The van der Waals surface area contributed by atoms with E-state index in [4.69, 9.17) is 14.9 Å². The molecule has 0 bridgehead atoms. The number of halogens is 1. The highest BCUT2D eigenvalue weighted by Gasteiger charge is 2.23. The van der Waals surface area contributed by atoms with Gasteiger partial charge in [-0.25, -0.2) is 9.37 Å². The number of anilines is 2. The molecule has 6 heterocycles. The minimum Gasteiger partial charge on any atom is -0.490 e. The summed E-state index contributed by atoms with van der Waals surface area (Å²) in [5, 5.41) is 4.53. The van der Waals surface area contributed by atoms with E-state index in [0.717, 1.165) is 56.6 Å². The van der Waals surface area contributed by atoms with Crippen LogP contribution in [0, 0.1) is 5.82 Å². The summed E-state index contributed by atoms with van der Waals surface area (Å²) in [6.07, 6.45) is 4.90. The van der Waals surface area contributed by atoms with Crippen LogP contribution in [0.3, 0.4) is 0 Å². The molecule has 0 radical (unpaired) electrons. The fourth-order valence-corrected chi connectivity index (χ4v) is 6.88. The minimum absolute atomic E-state index is 0.00564. The van der Waals surface area contributed by atoms with Gasteiger partial charge in [0.1, 0.15) is 34.4 Å². The van der Waals surface area contributed by atoms with Gasteiger partial charge in [-0.1, -0.05) is 0 Å². The van der Waals surface area contributed by atoms with E-state index in [-0.39, 0.29) is 17.9 Å². The number of piperazine rings is 1. The number of nitrogens with two attached hydrogens (primary N) is 1. The van der Waals surface area contributed by atoms with Crippen molar-refractivity contribution in [2.45, 2.75) is 25.5 Å². The Balaban J connectivity index is 0.974.